The molecule has 0 radical (unpaired) electrons. The number of allylic oxidation sites excluding steroid dienone is 4. The minimum absolute atomic E-state index is 0.00236. The largest absolute Gasteiger partial charge is 0.466 e. The van der Waals surface area contributed by atoms with E-state index in [1.54, 1.807) is 0 Å². The third-order valence-electron chi connectivity index (χ3n) is 14.8. The third kappa shape index (κ3) is 55.7. The molecule has 1 amide bonds. The monoisotopic (exact) mass is 986 g/mol. The fourth-order valence-electron chi connectivity index (χ4n) is 9.91. The second-order valence-electron chi connectivity index (χ2n) is 21.7. The van der Waals surface area contributed by atoms with Crippen molar-refractivity contribution in [3.8, 4) is 0 Å². The van der Waals surface area contributed by atoms with E-state index in [-0.39, 0.29) is 18.5 Å². The highest BCUT2D eigenvalue weighted by Crippen LogP contribution is 2.18. The molecule has 0 aromatic heterocycles. The van der Waals surface area contributed by atoms with E-state index in [9.17, 15) is 19.8 Å². The molecule has 0 saturated carbocycles. The number of ether oxygens (including phenoxy) is 1. The van der Waals surface area contributed by atoms with Crippen LogP contribution in [0.2, 0.25) is 0 Å². The third-order valence-corrected chi connectivity index (χ3v) is 14.8. The number of amides is 1. The predicted molar refractivity (Wildman–Crippen MR) is 306 cm³/mol. The average molecular weight is 987 g/mol. The molecule has 0 heterocycles. The van der Waals surface area contributed by atoms with E-state index in [1.165, 1.54) is 263 Å². The summed E-state index contributed by atoms with van der Waals surface area (Å²) in [6, 6.07) is -0.546. The second kappa shape index (κ2) is 59.9. The molecule has 0 saturated heterocycles. The topological polar surface area (TPSA) is 95.9 Å². The molecule has 0 spiro atoms. The second-order valence-corrected chi connectivity index (χ2v) is 21.7. The van der Waals surface area contributed by atoms with Gasteiger partial charge in [0.05, 0.1) is 25.4 Å². The first-order chi connectivity index (χ1) is 34.5. The van der Waals surface area contributed by atoms with E-state index >= 15 is 0 Å². The van der Waals surface area contributed by atoms with Crippen LogP contribution in [-0.4, -0.2) is 47.4 Å². The number of nitrogens with one attached hydrogen (secondary N) is 1. The first-order valence-electron chi connectivity index (χ1n) is 31.6. The lowest BCUT2D eigenvalue weighted by molar-refractivity contribution is -0.143. The van der Waals surface area contributed by atoms with Gasteiger partial charge in [-0.2, -0.15) is 0 Å². The number of carbonyl (C=O) groups excluding carboxylic acids is 2. The number of carbonyl (C=O) groups is 2. The van der Waals surface area contributed by atoms with E-state index in [2.05, 4.69) is 43.5 Å². The number of unbranched alkanes of at least 4 members (excludes halogenated alkanes) is 44. The van der Waals surface area contributed by atoms with Crippen molar-refractivity contribution in [2.24, 2.45) is 0 Å². The first-order valence-corrected chi connectivity index (χ1v) is 31.6. The Morgan fingerprint density at radius 2 is 0.714 bits per heavy atom. The lowest BCUT2D eigenvalue weighted by Gasteiger charge is -2.22. The molecule has 0 aliphatic rings. The molecule has 70 heavy (non-hydrogen) atoms. The van der Waals surface area contributed by atoms with Crippen LogP contribution >= 0.6 is 0 Å². The molecule has 6 heteroatoms. The molecule has 414 valence electrons. The molecule has 2 atom stereocenters. The summed E-state index contributed by atoms with van der Waals surface area (Å²) in [5.74, 6) is -0.0353. The predicted octanol–water partition coefficient (Wildman–Crippen LogP) is 19.8. The van der Waals surface area contributed by atoms with Gasteiger partial charge in [0.1, 0.15) is 0 Å². The number of rotatable bonds is 59. The molecule has 0 aromatic carbocycles. The van der Waals surface area contributed by atoms with Crippen molar-refractivity contribution in [1.82, 2.24) is 5.32 Å². The van der Waals surface area contributed by atoms with Crippen LogP contribution in [0.15, 0.2) is 24.3 Å². The zero-order chi connectivity index (χ0) is 50.7. The Bertz CT molecular complexity index is 1090. The standard InChI is InChI=1S/C64H123NO5/c1-3-5-7-9-11-13-15-17-19-21-22-26-30-34-38-42-46-50-54-58-64(69)70-59-55-51-47-43-39-35-31-27-23-25-29-33-37-41-45-49-53-57-63(68)65-61(60-66)62(67)56-52-48-44-40-36-32-28-24-20-18-16-14-12-10-8-6-4-2/h11,13,17,19,61-62,66-67H,3-10,12,14-16,18,20-60H2,1-2H3,(H,65,68)/b13-11-,19-17-. The molecule has 0 fully saturated rings. The van der Waals surface area contributed by atoms with Gasteiger partial charge in [-0.05, 0) is 57.8 Å². The Morgan fingerprint density at radius 1 is 0.400 bits per heavy atom. The maximum absolute atomic E-state index is 12.5. The highest BCUT2D eigenvalue weighted by molar-refractivity contribution is 5.76. The van der Waals surface area contributed by atoms with Gasteiger partial charge >= 0.3 is 5.97 Å². The van der Waals surface area contributed by atoms with Crippen molar-refractivity contribution in [2.75, 3.05) is 13.2 Å². The Hall–Kier alpha value is -1.66. The number of hydrogen-bond donors (Lipinski definition) is 3. The molecule has 0 bridgehead atoms. The van der Waals surface area contributed by atoms with Crippen LogP contribution in [0.3, 0.4) is 0 Å². The number of aliphatic hydroxyl groups is 2. The molecule has 0 rings (SSSR count). The summed E-state index contributed by atoms with van der Waals surface area (Å²) in [5.41, 5.74) is 0. The van der Waals surface area contributed by atoms with Crippen LogP contribution in [-0.2, 0) is 14.3 Å². The molecular formula is C64H123NO5. The number of esters is 1. The van der Waals surface area contributed by atoms with Crippen LogP contribution < -0.4 is 5.32 Å². The van der Waals surface area contributed by atoms with Crippen LogP contribution in [0, 0.1) is 0 Å². The smallest absolute Gasteiger partial charge is 0.305 e. The molecule has 3 N–H and O–H groups in total. The summed E-state index contributed by atoms with van der Waals surface area (Å²) < 4.78 is 5.50. The van der Waals surface area contributed by atoms with Crippen LogP contribution in [0.4, 0.5) is 0 Å². The Labute approximate surface area is 437 Å². The molecule has 0 aliphatic heterocycles. The summed E-state index contributed by atoms with van der Waals surface area (Å²) in [5, 5.41) is 23.3. The van der Waals surface area contributed by atoms with E-state index < -0.39 is 12.1 Å². The number of hydrogen-bond acceptors (Lipinski definition) is 5. The Balaban J connectivity index is 3.40. The minimum atomic E-state index is -0.668. The van der Waals surface area contributed by atoms with E-state index in [0.717, 1.165) is 51.4 Å². The lowest BCUT2D eigenvalue weighted by atomic mass is 10.0. The van der Waals surface area contributed by atoms with Crippen LogP contribution in [0.25, 0.3) is 0 Å². The lowest BCUT2D eigenvalue weighted by Crippen LogP contribution is -2.45. The van der Waals surface area contributed by atoms with E-state index in [4.69, 9.17) is 4.74 Å². The number of aliphatic hydroxyl groups excluding tert-OH is 2. The molecular weight excluding hydrogens is 863 g/mol. The SMILES string of the molecule is CCCCC/C=C\C/C=C\CCCCCCCCCCCC(=O)OCCCCCCCCCCCCCCCCCCCC(=O)NC(CO)C(O)CCCCCCCCCCCCCCCCCCC. The van der Waals surface area contributed by atoms with E-state index in [1.807, 2.05) is 0 Å². The Kier molecular flexibility index (Phi) is 58.5. The fraction of sp³-hybridized carbons (Fsp3) is 0.906. The molecule has 6 nitrogen and oxygen atoms in total. The van der Waals surface area contributed by atoms with Gasteiger partial charge < -0.3 is 20.3 Å². The van der Waals surface area contributed by atoms with Gasteiger partial charge in [-0.25, -0.2) is 0 Å². The van der Waals surface area contributed by atoms with Crippen LogP contribution in [0.5, 0.6) is 0 Å². The van der Waals surface area contributed by atoms with Crippen molar-refractivity contribution < 1.29 is 24.5 Å². The van der Waals surface area contributed by atoms with Crippen molar-refractivity contribution >= 4 is 11.9 Å². The van der Waals surface area contributed by atoms with Gasteiger partial charge in [0.25, 0.3) is 0 Å². The fourth-order valence-corrected chi connectivity index (χ4v) is 9.91. The quantitative estimate of drug-likeness (QED) is 0.0321. The summed E-state index contributed by atoms with van der Waals surface area (Å²) in [4.78, 5) is 24.6. The summed E-state index contributed by atoms with van der Waals surface area (Å²) in [6.07, 6.45) is 73.2. The van der Waals surface area contributed by atoms with Crippen molar-refractivity contribution in [2.45, 2.75) is 360 Å². The first kappa shape index (κ1) is 68.3. The Morgan fingerprint density at radius 3 is 1.11 bits per heavy atom. The van der Waals surface area contributed by atoms with Crippen LogP contribution in [0.1, 0.15) is 348 Å². The van der Waals surface area contributed by atoms with Gasteiger partial charge in [0.15, 0.2) is 0 Å². The highest BCUT2D eigenvalue weighted by Gasteiger charge is 2.20. The minimum Gasteiger partial charge on any atom is -0.466 e. The highest BCUT2D eigenvalue weighted by atomic mass is 16.5. The average Bonchev–Trinajstić information content (AvgIpc) is 3.36. The zero-order valence-corrected chi connectivity index (χ0v) is 47.3. The summed E-state index contributed by atoms with van der Waals surface area (Å²) in [6.45, 7) is 4.94. The molecule has 2 unspecified atom stereocenters. The maximum atomic E-state index is 12.5. The van der Waals surface area contributed by atoms with Gasteiger partial charge in [0.2, 0.25) is 5.91 Å². The zero-order valence-electron chi connectivity index (χ0n) is 47.3. The van der Waals surface area contributed by atoms with Gasteiger partial charge in [-0.1, -0.05) is 301 Å². The summed E-state index contributed by atoms with van der Waals surface area (Å²) in [7, 11) is 0. The van der Waals surface area contributed by atoms with Gasteiger partial charge in [-0.15, -0.1) is 0 Å². The maximum Gasteiger partial charge on any atom is 0.305 e. The normalized spacial score (nSPS) is 12.7. The molecule has 0 aliphatic carbocycles. The summed E-state index contributed by atoms with van der Waals surface area (Å²) >= 11 is 0. The van der Waals surface area contributed by atoms with Crippen molar-refractivity contribution in [3.05, 3.63) is 24.3 Å². The van der Waals surface area contributed by atoms with Gasteiger partial charge in [-0.3, -0.25) is 9.59 Å². The van der Waals surface area contributed by atoms with Crippen molar-refractivity contribution in [1.29, 1.82) is 0 Å². The van der Waals surface area contributed by atoms with Gasteiger partial charge in [0, 0.05) is 12.8 Å². The molecule has 0 aromatic rings. The van der Waals surface area contributed by atoms with Crippen molar-refractivity contribution in [3.63, 3.8) is 0 Å². The van der Waals surface area contributed by atoms with E-state index in [0.29, 0.717) is 25.9 Å².